The van der Waals surface area contributed by atoms with E-state index in [0.29, 0.717) is 0 Å². The van der Waals surface area contributed by atoms with E-state index in [1.165, 1.54) is 34.8 Å². The van der Waals surface area contributed by atoms with Crippen LogP contribution in [0.3, 0.4) is 0 Å². The van der Waals surface area contributed by atoms with Gasteiger partial charge in [-0.3, -0.25) is 9.80 Å². The van der Waals surface area contributed by atoms with Gasteiger partial charge in [0.1, 0.15) is 0 Å². The molecule has 2 aliphatic rings. The van der Waals surface area contributed by atoms with Gasteiger partial charge in [-0.25, -0.2) is 0 Å². The lowest BCUT2D eigenvalue weighted by Gasteiger charge is -2.32. The van der Waals surface area contributed by atoms with Gasteiger partial charge in [-0.1, -0.05) is 0 Å². The van der Waals surface area contributed by atoms with Crippen LogP contribution in [0.5, 0.6) is 0 Å². The summed E-state index contributed by atoms with van der Waals surface area (Å²) >= 11 is 1.94. The van der Waals surface area contributed by atoms with Crippen LogP contribution < -0.4 is 5.32 Å². The third-order valence-corrected chi connectivity index (χ3v) is 5.72. The van der Waals surface area contributed by atoms with Gasteiger partial charge in [-0.2, -0.15) is 0 Å². The Kier molecular flexibility index (Phi) is 5.29. The molecule has 0 aliphatic carbocycles. The Morgan fingerprint density at radius 1 is 1.33 bits per heavy atom. The molecule has 4 nitrogen and oxygen atoms in total. The molecule has 1 aromatic rings. The van der Waals surface area contributed by atoms with Crippen LogP contribution >= 0.6 is 11.3 Å². The van der Waals surface area contributed by atoms with Crippen LogP contribution in [0.25, 0.3) is 0 Å². The van der Waals surface area contributed by atoms with Crippen molar-refractivity contribution in [3.8, 4) is 0 Å². The van der Waals surface area contributed by atoms with Crippen LogP contribution in [0.4, 0.5) is 0 Å². The molecule has 2 fully saturated rings. The summed E-state index contributed by atoms with van der Waals surface area (Å²) < 4.78 is 5.46. The van der Waals surface area contributed by atoms with Gasteiger partial charge in [0.2, 0.25) is 0 Å². The van der Waals surface area contributed by atoms with Gasteiger partial charge in [0.25, 0.3) is 0 Å². The molecule has 3 heterocycles. The van der Waals surface area contributed by atoms with Gasteiger partial charge in [-0.15, -0.1) is 11.3 Å². The number of thiophene rings is 1. The molecule has 21 heavy (non-hydrogen) atoms. The summed E-state index contributed by atoms with van der Waals surface area (Å²) in [6.07, 6.45) is 1.31. The first-order valence-electron chi connectivity index (χ1n) is 8.03. The van der Waals surface area contributed by atoms with E-state index in [1.54, 1.807) is 0 Å². The third-order valence-electron chi connectivity index (χ3n) is 4.63. The number of ether oxygens (including phenoxy) is 1. The van der Waals surface area contributed by atoms with Crippen molar-refractivity contribution in [3.63, 3.8) is 0 Å². The molecule has 3 rings (SSSR count). The first-order valence-corrected chi connectivity index (χ1v) is 8.85. The van der Waals surface area contributed by atoms with Gasteiger partial charge in [0.15, 0.2) is 0 Å². The second-order valence-corrected chi connectivity index (χ2v) is 7.49. The minimum absolute atomic E-state index is 0.740. The largest absolute Gasteiger partial charge is 0.379 e. The summed E-state index contributed by atoms with van der Waals surface area (Å²) in [6.45, 7) is 10.9. The van der Waals surface area contributed by atoms with E-state index < -0.39 is 0 Å². The lowest BCUT2D eigenvalue weighted by Crippen LogP contribution is -2.44. The SMILES string of the molecule is CNCc1cc(CN2CCC(N3CCOCC3)C2)c(C)s1. The number of nitrogens with zero attached hydrogens (tertiary/aromatic N) is 2. The summed E-state index contributed by atoms with van der Waals surface area (Å²) in [7, 11) is 2.02. The van der Waals surface area contributed by atoms with Gasteiger partial charge in [-0.05, 0) is 32.0 Å². The van der Waals surface area contributed by atoms with Crippen LogP contribution in [0.15, 0.2) is 6.07 Å². The van der Waals surface area contributed by atoms with Crippen molar-refractivity contribution in [2.45, 2.75) is 32.5 Å². The maximum atomic E-state index is 5.46. The van der Waals surface area contributed by atoms with Gasteiger partial charge in [0, 0.05) is 55.1 Å². The lowest BCUT2D eigenvalue weighted by atomic mass is 10.2. The Hall–Kier alpha value is -0.460. The molecule has 0 radical (unpaired) electrons. The molecule has 1 unspecified atom stereocenters. The smallest absolute Gasteiger partial charge is 0.0594 e. The van der Waals surface area contributed by atoms with E-state index in [4.69, 9.17) is 4.74 Å². The van der Waals surface area contributed by atoms with E-state index in [1.807, 2.05) is 18.4 Å². The Balaban J connectivity index is 1.54. The van der Waals surface area contributed by atoms with Crippen LogP contribution in [0.1, 0.15) is 21.7 Å². The number of rotatable bonds is 5. The van der Waals surface area contributed by atoms with E-state index >= 15 is 0 Å². The Bertz CT molecular complexity index is 456. The highest BCUT2D eigenvalue weighted by Gasteiger charge is 2.28. The standard InChI is InChI=1S/C16H27N3OS/c1-13-14(9-16(21-13)10-17-2)11-18-4-3-15(12-18)19-5-7-20-8-6-19/h9,15,17H,3-8,10-12H2,1-2H3. The molecule has 1 atom stereocenters. The van der Waals surface area contributed by atoms with Crippen LogP contribution in [0, 0.1) is 6.92 Å². The van der Waals surface area contributed by atoms with Crippen molar-refractivity contribution in [2.75, 3.05) is 46.4 Å². The molecular formula is C16H27N3OS. The number of nitrogens with one attached hydrogen (secondary N) is 1. The zero-order valence-electron chi connectivity index (χ0n) is 13.2. The van der Waals surface area contributed by atoms with Gasteiger partial charge < -0.3 is 10.1 Å². The van der Waals surface area contributed by atoms with Crippen LogP contribution in [-0.2, 0) is 17.8 Å². The quantitative estimate of drug-likeness (QED) is 0.896. The predicted molar refractivity (Wildman–Crippen MR) is 87.9 cm³/mol. The fourth-order valence-electron chi connectivity index (χ4n) is 3.44. The molecule has 2 saturated heterocycles. The lowest BCUT2D eigenvalue weighted by molar-refractivity contribution is 0.0184. The first-order chi connectivity index (χ1) is 10.3. The molecule has 0 amide bonds. The number of aryl methyl sites for hydroxylation is 1. The third kappa shape index (κ3) is 3.85. The summed E-state index contributed by atoms with van der Waals surface area (Å²) in [5, 5.41) is 3.25. The topological polar surface area (TPSA) is 27.7 Å². The zero-order valence-corrected chi connectivity index (χ0v) is 14.0. The Labute approximate surface area is 132 Å². The molecule has 2 aliphatic heterocycles. The highest BCUT2D eigenvalue weighted by Crippen LogP contribution is 2.25. The van der Waals surface area contributed by atoms with Crippen molar-refractivity contribution in [1.29, 1.82) is 0 Å². The van der Waals surface area contributed by atoms with Crippen molar-refractivity contribution >= 4 is 11.3 Å². The average molecular weight is 309 g/mol. The van der Waals surface area contributed by atoms with Crippen molar-refractivity contribution in [2.24, 2.45) is 0 Å². The Morgan fingerprint density at radius 2 is 2.14 bits per heavy atom. The molecule has 5 heteroatoms. The highest BCUT2D eigenvalue weighted by molar-refractivity contribution is 7.12. The van der Waals surface area contributed by atoms with Crippen LogP contribution in [-0.4, -0.2) is 62.3 Å². The van der Waals surface area contributed by atoms with Gasteiger partial charge in [0.05, 0.1) is 13.2 Å². The Morgan fingerprint density at radius 3 is 2.90 bits per heavy atom. The minimum atomic E-state index is 0.740. The second-order valence-electron chi connectivity index (χ2n) is 6.15. The summed E-state index contributed by atoms with van der Waals surface area (Å²) in [6, 6.07) is 3.13. The van der Waals surface area contributed by atoms with Crippen molar-refractivity contribution in [3.05, 3.63) is 21.4 Å². The number of likely N-dealkylation sites (tertiary alicyclic amines) is 1. The molecule has 1 aromatic heterocycles. The predicted octanol–water partition coefficient (Wildman–Crippen LogP) is 1.68. The van der Waals surface area contributed by atoms with Gasteiger partial charge >= 0.3 is 0 Å². The first kappa shape index (κ1) is 15.4. The summed E-state index contributed by atoms with van der Waals surface area (Å²) in [5.41, 5.74) is 1.52. The van der Waals surface area contributed by atoms with Crippen LogP contribution in [0.2, 0.25) is 0 Å². The van der Waals surface area contributed by atoms with E-state index in [9.17, 15) is 0 Å². The molecular weight excluding hydrogens is 282 g/mol. The molecule has 1 N–H and O–H groups in total. The average Bonchev–Trinajstić information content (AvgIpc) is 3.09. The number of hydrogen-bond acceptors (Lipinski definition) is 5. The van der Waals surface area contributed by atoms with E-state index in [-0.39, 0.29) is 0 Å². The molecule has 0 aromatic carbocycles. The van der Waals surface area contributed by atoms with E-state index in [0.717, 1.165) is 45.4 Å². The van der Waals surface area contributed by atoms with E-state index in [2.05, 4.69) is 28.1 Å². The molecule has 0 bridgehead atoms. The summed E-state index contributed by atoms with van der Waals surface area (Å²) in [5.74, 6) is 0. The maximum absolute atomic E-state index is 5.46. The normalized spacial score (nSPS) is 24.8. The maximum Gasteiger partial charge on any atom is 0.0594 e. The monoisotopic (exact) mass is 309 g/mol. The second kappa shape index (κ2) is 7.20. The van der Waals surface area contributed by atoms with Crippen molar-refractivity contribution < 1.29 is 4.74 Å². The molecule has 0 spiro atoms. The minimum Gasteiger partial charge on any atom is -0.379 e. The fraction of sp³-hybridized carbons (Fsp3) is 0.750. The fourth-order valence-corrected chi connectivity index (χ4v) is 4.51. The number of hydrogen-bond donors (Lipinski definition) is 1. The molecule has 118 valence electrons. The summed E-state index contributed by atoms with van der Waals surface area (Å²) in [4.78, 5) is 8.18. The number of morpholine rings is 1. The molecule has 0 saturated carbocycles. The zero-order chi connectivity index (χ0) is 14.7. The van der Waals surface area contributed by atoms with Crippen molar-refractivity contribution in [1.82, 2.24) is 15.1 Å². The highest BCUT2D eigenvalue weighted by atomic mass is 32.1.